The number of ether oxygens (including phenoxy) is 2. The van der Waals surface area contributed by atoms with Gasteiger partial charge >= 0.3 is 0 Å². The van der Waals surface area contributed by atoms with Gasteiger partial charge in [-0.1, -0.05) is 6.07 Å². The molecule has 1 N–H and O–H groups in total. The molecule has 0 aliphatic heterocycles. The third-order valence-corrected chi connectivity index (χ3v) is 3.58. The lowest BCUT2D eigenvalue weighted by Gasteiger charge is -2.09. The van der Waals surface area contributed by atoms with Crippen molar-refractivity contribution in [2.75, 3.05) is 19.5 Å². The van der Waals surface area contributed by atoms with E-state index < -0.39 is 0 Å². The average Bonchev–Trinajstić information content (AvgIpc) is 3.08. The van der Waals surface area contributed by atoms with Crippen molar-refractivity contribution in [1.82, 2.24) is 14.8 Å². The topological polar surface area (TPSA) is 78.3 Å². The molecule has 2 heterocycles. The van der Waals surface area contributed by atoms with E-state index in [0.717, 1.165) is 5.69 Å². The maximum Gasteiger partial charge on any atom is 0.260 e. The first kappa shape index (κ1) is 16.5. The SMILES string of the molecule is COc1ccc(OC)c(C(=O)Nc2ccn(Cc3ccccn3)n2)c1. The fourth-order valence-corrected chi connectivity index (χ4v) is 2.35. The van der Waals surface area contributed by atoms with Crippen LogP contribution in [-0.2, 0) is 6.54 Å². The highest BCUT2D eigenvalue weighted by atomic mass is 16.5. The largest absolute Gasteiger partial charge is 0.497 e. The molecule has 0 unspecified atom stereocenters. The summed E-state index contributed by atoms with van der Waals surface area (Å²) in [5.41, 5.74) is 1.26. The lowest BCUT2D eigenvalue weighted by molar-refractivity contribution is 0.102. The van der Waals surface area contributed by atoms with Gasteiger partial charge in [-0.3, -0.25) is 14.5 Å². The minimum atomic E-state index is -0.321. The van der Waals surface area contributed by atoms with E-state index in [9.17, 15) is 4.79 Å². The maximum atomic E-state index is 12.5. The van der Waals surface area contributed by atoms with Crippen LogP contribution < -0.4 is 14.8 Å². The van der Waals surface area contributed by atoms with E-state index in [1.165, 1.54) is 7.11 Å². The number of hydrogen-bond donors (Lipinski definition) is 1. The van der Waals surface area contributed by atoms with Gasteiger partial charge in [-0.15, -0.1) is 0 Å². The van der Waals surface area contributed by atoms with E-state index >= 15 is 0 Å². The number of aromatic nitrogens is 3. The van der Waals surface area contributed by atoms with Crippen molar-refractivity contribution in [3.8, 4) is 11.5 Å². The molecule has 3 aromatic rings. The molecule has 0 aliphatic carbocycles. The molecule has 3 rings (SSSR count). The normalized spacial score (nSPS) is 10.3. The monoisotopic (exact) mass is 338 g/mol. The van der Waals surface area contributed by atoms with Gasteiger partial charge in [-0.05, 0) is 30.3 Å². The molecular weight excluding hydrogens is 320 g/mol. The Balaban J connectivity index is 1.73. The fourth-order valence-electron chi connectivity index (χ4n) is 2.35. The lowest BCUT2D eigenvalue weighted by Crippen LogP contribution is -2.14. The number of amides is 1. The third kappa shape index (κ3) is 3.95. The van der Waals surface area contributed by atoms with Crippen molar-refractivity contribution < 1.29 is 14.3 Å². The molecule has 0 radical (unpaired) electrons. The molecule has 0 aliphatic rings. The Hall–Kier alpha value is -3.35. The van der Waals surface area contributed by atoms with Gasteiger partial charge in [0.25, 0.3) is 5.91 Å². The number of carbonyl (C=O) groups is 1. The van der Waals surface area contributed by atoms with Gasteiger partial charge in [0.2, 0.25) is 0 Å². The summed E-state index contributed by atoms with van der Waals surface area (Å²) in [4.78, 5) is 16.8. The fraction of sp³-hybridized carbons (Fsp3) is 0.167. The number of carbonyl (C=O) groups excluding carboxylic acids is 1. The highest BCUT2D eigenvalue weighted by molar-refractivity contribution is 6.06. The second kappa shape index (κ2) is 7.48. The van der Waals surface area contributed by atoms with Crippen LogP contribution >= 0.6 is 0 Å². The molecule has 0 saturated heterocycles. The highest BCUT2D eigenvalue weighted by Gasteiger charge is 2.15. The van der Waals surface area contributed by atoms with Gasteiger partial charge in [0, 0.05) is 18.5 Å². The molecule has 0 bridgehead atoms. The minimum Gasteiger partial charge on any atom is -0.497 e. The van der Waals surface area contributed by atoms with Crippen molar-refractivity contribution in [2.24, 2.45) is 0 Å². The second-order valence-corrected chi connectivity index (χ2v) is 5.24. The first-order valence-corrected chi connectivity index (χ1v) is 7.66. The Labute approximate surface area is 145 Å². The van der Waals surface area contributed by atoms with E-state index in [-0.39, 0.29) is 5.91 Å². The number of methoxy groups -OCH3 is 2. The third-order valence-electron chi connectivity index (χ3n) is 3.58. The van der Waals surface area contributed by atoms with Gasteiger partial charge < -0.3 is 14.8 Å². The van der Waals surface area contributed by atoms with Crippen molar-refractivity contribution in [3.63, 3.8) is 0 Å². The van der Waals surface area contributed by atoms with Crippen LogP contribution in [0.25, 0.3) is 0 Å². The predicted molar refractivity (Wildman–Crippen MR) is 93.1 cm³/mol. The van der Waals surface area contributed by atoms with Gasteiger partial charge in [0.15, 0.2) is 5.82 Å². The molecule has 7 heteroatoms. The van der Waals surface area contributed by atoms with Crippen LogP contribution in [-0.4, -0.2) is 34.9 Å². The lowest BCUT2D eigenvalue weighted by atomic mass is 10.1. The molecular formula is C18H18N4O3. The summed E-state index contributed by atoms with van der Waals surface area (Å²) >= 11 is 0. The summed E-state index contributed by atoms with van der Waals surface area (Å²) < 4.78 is 12.1. The standard InChI is InChI=1S/C18H18N4O3/c1-24-14-6-7-16(25-2)15(11-14)18(23)20-17-8-10-22(21-17)12-13-5-3-4-9-19-13/h3-11H,12H2,1-2H3,(H,20,21,23). The molecule has 2 aromatic heterocycles. The molecule has 25 heavy (non-hydrogen) atoms. The van der Waals surface area contributed by atoms with Crippen LogP contribution in [0.1, 0.15) is 16.1 Å². The summed E-state index contributed by atoms with van der Waals surface area (Å²) in [5.74, 6) is 1.17. The van der Waals surface area contributed by atoms with Gasteiger partial charge in [-0.25, -0.2) is 0 Å². The van der Waals surface area contributed by atoms with E-state index in [4.69, 9.17) is 9.47 Å². The summed E-state index contributed by atoms with van der Waals surface area (Å²) in [6.45, 7) is 0.527. The molecule has 128 valence electrons. The van der Waals surface area contributed by atoms with E-state index in [1.807, 2.05) is 18.2 Å². The van der Waals surface area contributed by atoms with Crippen LogP contribution in [0.15, 0.2) is 54.9 Å². The molecule has 0 saturated carbocycles. The molecule has 1 aromatic carbocycles. The van der Waals surface area contributed by atoms with Crippen LogP contribution in [0, 0.1) is 0 Å². The zero-order chi connectivity index (χ0) is 17.6. The van der Waals surface area contributed by atoms with Gasteiger partial charge in [0.05, 0.1) is 32.0 Å². The Morgan fingerprint density at radius 2 is 2.04 bits per heavy atom. The first-order valence-electron chi connectivity index (χ1n) is 7.66. The molecule has 0 spiro atoms. The van der Waals surface area contributed by atoms with Crippen LogP contribution in [0.3, 0.4) is 0 Å². The number of pyridine rings is 1. The minimum absolute atomic E-state index is 0.321. The zero-order valence-electron chi connectivity index (χ0n) is 14.0. The molecule has 7 nitrogen and oxygen atoms in total. The highest BCUT2D eigenvalue weighted by Crippen LogP contribution is 2.24. The summed E-state index contributed by atoms with van der Waals surface area (Å²) in [5, 5.41) is 7.11. The molecule has 1 amide bonds. The predicted octanol–water partition coefficient (Wildman–Crippen LogP) is 2.60. The Morgan fingerprint density at radius 1 is 1.16 bits per heavy atom. The average molecular weight is 338 g/mol. The van der Waals surface area contributed by atoms with Gasteiger partial charge in [0.1, 0.15) is 11.5 Å². The number of rotatable bonds is 6. The van der Waals surface area contributed by atoms with E-state index in [2.05, 4.69) is 15.4 Å². The summed E-state index contributed by atoms with van der Waals surface area (Å²) in [6.07, 6.45) is 3.52. The number of benzene rings is 1. The Morgan fingerprint density at radius 3 is 2.76 bits per heavy atom. The Kier molecular flexibility index (Phi) is 4.94. The van der Waals surface area contributed by atoms with Gasteiger partial charge in [-0.2, -0.15) is 5.10 Å². The van der Waals surface area contributed by atoms with Crippen LogP contribution in [0.2, 0.25) is 0 Å². The quantitative estimate of drug-likeness (QED) is 0.747. The van der Waals surface area contributed by atoms with Crippen molar-refractivity contribution in [2.45, 2.75) is 6.54 Å². The van der Waals surface area contributed by atoms with E-state index in [0.29, 0.717) is 29.4 Å². The van der Waals surface area contributed by atoms with Crippen LogP contribution in [0.5, 0.6) is 11.5 Å². The summed E-state index contributed by atoms with van der Waals surface area (Å²) in [6, 6.07) is 12.5. The van der Waals surface area contributed by atoms with Crippen molar-refractivity contribution in [1.29, 1.82) is 0 Å². The smallest absolute Gasteiger partial charge is 0.260 e. The van der Waals surface area contributed by atoms with E-state index in [1.54, 1.807) is 48.5 Å². The molecule has 0 fully saturated rings. The number of nitrogens with one attached hydrogen (secondary N) is 1. The van der Waals surface area contributed by atoms with Crippen molar-refractivity contribution >= 4 is 11.7 Å². The number of anilines is 1. The Bertz CT molecular complexity index is 862. The maximum absolute atomic E-state index is 12.5. The second-order valence-electron chi connectivity index (χ2n) is 5.24. The summed E-state index contributed by atoms with van der Waals surface area (Å²) in [7, 11) is 3.06. The number of hydrogen-bond acceptors (Lipinski definition) is 5. The first-order chi connectivity index (χ1) is 12.2. The number of nitrogens with zero attached hydrogens (tertiary/aromatic N) is 3. The van der Waals surface area contributed by atoms with Crippen LogP contribution in [0.4, 0.5) is 5.82 Å². The zero-order valence-corrected chi connectivity index (χ0v) is 14.0. The van der Waals surface area contributed by atoms with Crippen molar-refractivity contribution in [3.05, 3.63) is 66.1 Å². The molecule has 0 atom stereocenters.